The van der Waals surface area contributed by atoms with Crippen molar-refractivity contribution in [1.29, 1.82) is 0 Å². The van der Waals surface area contributed by atoms with Gasteiger partial charge in [0.25, 0.3) is 5.78 Å². The number of hydrogen-bond acceptors (Lipinski definition) is 5. The van der Waals surface area contributed by atoms with Gasteiger partial charge in [0.2, 0.25) is 5.76 Å². The molecule has 1 unspecified atom stereocenters. The summed E-state index contributed by atoms with van der Waals surface area (Å²) in [6.45, 7) is 12.6. The lowest BCUT2D eigenvalue weighted by Gasteiger charge is -2.38. The molecule has 0 aromatic rings. The van der Waals surface area contributed by atoms with Crippen LogP contribution in [0.25, 0.3) is 0 Å². The number of Topliss-reactive ketones (excluding diaryl/α,β-unsaturated/α-hetero) is 1. The molecule has 0 saturated carbocycles. The molecule has 0 radical (unpaired) electrons. The minimum Gasteiger partial charge on any atom is -0.492 e. The molecule has 0 amide bonds. The number of carbonyl (C=O) groups is 1. The van der Waals surface area contributed by atoms with E-state index in [-0.39, 0.29) is 29.5 Å². The topological polar surface area (TPSA) is 65.0 Å². The highest BCUT2D eigenvalue weighted by Gasteiger charge is 2.49. The van der Waals surface area contributed by atoms with Crippen LogP contribution in [0.5, 0.6) is 0 Å². The second-order valence-electron chi connectivity index (χ2n) is 6.16. The summed E-state index contributed by atoms with van der Waals surface area (Å²) in [5, 5.41) is 11.4. The van der Waals surface area contributed by atoms with E-state index in [2.05, 4.69) is 0 Å². The molecule has 0 fully saturated rings. The van der Waals surface area contributed by atoms with Gasteiger partial charge >= 0.3 is 0 Å². The van der Waals surface area contributed by atoms with E-state index in [0.29, 0.717) is 11.1 Å². The summed E-state index contributed by atoms with van der Waals surface area (Å²) in [5.41, 5.74) is -0.535. The maximum atomic E-state index is 12.7. The molecule has 5 heteroatoms. The SMILES string of the molecule is C/C=C(\C)C1(O)C(C)=C(OC)C(=O)C(OC(C)C)=C1OC(C)C. The van der Waals surface area contributed by atoms with Crippen LogP contribution in [0, 0.1) is 0 Å². The largest absolute Gasteiger partial charge is 0.492 e. The number of ether oxygens (including phenoxy) is 3. The predicted octanol–water partition coefficient (Wildman–Crippen LogP) is 3.25. The van der Waals surface area contributed by atoms with Crippen LogP contribution in [0.3, 0.4) is 0 Å². The maximum Gasteiger partial charge on any atom is 0.265 e. The Bertz CT molecular complexity index is 566. The Morgan fingerprint density at radius 3 is 2.04 bits per heavy atom. The van der Waals surface area contributed by atoms with Gasteiger partial charge in [0.05, 0.1) is 19.3 Å². The van der Waals surface area contributed by atoms with Gasteiger partial charge in [0.1, 0.15) is 0 Å². The lowest BCUT2D eigenvalue weighted by molar-refractivity contribution is -0.121. The van der Waals surface area contributed by atoms with Crippen LogP contribution in [-0.4, -0.2) is 35.8 Å². The number of allylic oxidation sites excluding steroid dienone is 1. The first-order chi connectivity index (χ1) is 10.6. The van der Waals surface area contributed by atoms with Gasteiger partial charge in [-0.15, -0.1) is 0 Å². The number of rotatable bonds is 6. The summed E-state index contributed by atoms with van der Waals surface area (Å²) in [4.78, 5) is 12.7. The van der Waals surface area contributed by atoms with E-state index in [4.69, 9.17) is 14.2 Å². The molecule has 5 nitrogen and oxygen atoms in total. The number of carbonyl (C=O) groups excluding carboxylic acids is 1. The van der Waals surface area contributed by atoms with Crippen molar-refractivity contribution in [3.05, 3.63) is 34.5 Å². The van der Waals surface area contributed by atoms with Gasteiger partial charge in [-0.3, -0.25) is 4.79 Å². The van der Waals surface area contributed by atoms with E-state index >= 15 is 0 Å². The summed E-state index contributed by atoms with van der Waals surface area (Å²) < 4.78 is 16.8. The molecule has 0 heterocycles. The van der Waals surface area contributed by atoms with Gasteiger partial charge in [-0.2, -0.15) is 0 Å². The number of ketones is 1. The Morgan fingerprint density at radius 1 is 1.13 bits per heavy atom. The van der Waals surface area contributed by atoms with Gasteiger partial charge in [-0.25, -0.2) is 0 Å². The smallest absolute Gasteiger partial charge is 0.265 e. The molecule has 0 bridgehead atoms. The highest BCUT2D eigenvalue weighted by molar-refractivity contribution is 6.08. The Kier molecular flexibility index (Phi) is 6.05. The summed E-state index contributed by atoms with van der Waals surface area (Å²) in [6.07, 6.45) is 1.31. The standard InChI is InChI=1S/C18H28O5/c1-9-12(6)18(20)13(7)15(21-8)14(19)16(22-10(2)3)17(18)23-11(4)5/h9-11,20H,1-8H3/b12-9+. The van der Waals surface area contributed by atoms with E-state index < -0.39 is 11.4 Å². The normalized spacial score (nSPS) is 23.1. The number of methoxy groups -OCH3 is 1. The second kappa shape index (κ2) is 7.21. The first-order valence-corrected chi connectivity index (χ1v) is 7.85. The van der Waals surface area contributed by atoms with Gasteiger partial charge in [-0.1, -0.05) is 6.08 Å². The summed E-state index contributed by atoms with van der Waals surface area (Å²) >= 11 is 0. The van der Waals surface area contributed by atoms with Gasteiger partial charge < -0.3 is 19.3 Å². The molecular weight excluding hydrogens is 296 g/mol. The van der Waals surface area contributed by atoms with Crippen molar-refractivity contribution in [1.82, 2.24) is 0 Å². The van der Waals surface area contributed by atoms with Crippen molar-refractivity contribution in [3.63, 3.8) is 0 Å². The molecule has 0 spiro atoms. The van der Waals surface area contributed by atoms with Crippen LogP contribution in [-0.2, 0) is 19.0 Å². The van der Waals surface area contributed by atoms with E-state index in [1.54, 1.807) is 19.9 Å². The Morgan fingerprint density at radius 2 is 1.65 bits per heavy atom. The van der Waals surface area contributed by atoms with Gasteiger partial charge in [0, 0.05) is 5.57 Å². The minimum atomic E-state index is -1.57. The molecule has 1 aliphatic rings. The Labute approximate surface area is 138 Å². The van der Waals surface area contributed by atoms with Crippen LogP contribution in [0.15, 0.2) is 34.5 Å². The fourth-order valence-corrected chi connectivity index (χ4v) is 2.52. The number of aliphatic hydroxyl groups is 1. The molecule has 1 rings (SSSR count). The molecule has 130 valence electrons. The first-order valence-electron chi connectivity index (χ1n) is 7.85. The third kappa shape index (κ3) is 3.44. The van der Waals surface area contributed by atoms with Crippen molar-refractivity contribution in [3.8, 4) is 0 Å². The lowest BCUT2D eigenvalue weighted by Crippen LogP contribution is -2.43. The fraction of sp³-hybridized carbons (Fsp3) is 0.611. The molecule has 23 heavy (non-hydrogen) atoms. The van der Waals surface area contributed by atoms with Gasteiger partial charge in [-0.05, 0) is 54.0 Å². The minimum absolute atomic E-state index is 0.000139. The van der Waals surface area contributed by atoms with E-state index in [1.165, 1.54) is 7.11 Å². The van der Waals surface area contributed by atoms with E-state index in [0.717, 1.165) is 0 Å². The monoisotopic (exact) mass is 324 g/mol. The van der Waals surface area contributed by atoms with Crippen molar-refractivity contribution < 1.29 is 24.1 Å². The quantitative estimate of drug-likeness (QED) is 0.760. The van der Waals surface area contributed by atoms with Crippen molar-refractivity contribution in [2.75, 3.05) is 7.11 Å². The van der Waals surface area contributed by atoms with Crippen LogP contribution < -0.4 is 0 Å². The molecule has 0 aromatic heterocycles. The third-order valence-electron chi connectivity index (χ3n) is 3.75. The highest BCUT2D eigenvalue weighted by Crippen LogP contribution is 2.42. The zero-order valence-corrected chi connectivity index (χ0v) is 15.3. The molecule has 0 saturated heterocycles. The average molecular weight is 324 g/mol. The molecule has 0 aromatic carbocycles. The highest BCUT2D eigenvalue weighted by atomic mass is 16.5. The van der Waals surface area contributed by atoms with Crippen molar-refractivity contribution >= 4 is 5.78 Å². The van der Waals surface area contributed by atoms with Crippen LogP contribution in [0.2, 0.25) is 0 Å². The zero-order valence-electron chi connectivity index (χ0n) is 15.3. The fourth-order valence-electron chi connectivity index (χ4n) is 2.52. The van der Waals surface area contributed by atoms with Crippen molar-refractivity contribution in [2.45, 2.75) is 66.3 Å². The van der Waals surface area contributed by atoms with Crippen LogP contribution in [0.4, 0.5) is 0 Å². The maximum absolute atomic E-state index is 12.7. The predicted molar refractivity (Wildman–Crippen MR) is 88.6 cm³/mol. The second-order valence-corrected chi connectivity index (χ2v) is 6.16. The Hall–Kier alpha value is -1.75. The zero-order chi connectivity index (χ0) is 17.9. The van der Waals surface area contributed by atoms with E-state index in [1.807, 2.05) is 34.6 Å². The van der Waals surface area contributed by atoms with Gasteiger partial charge in [0.15, 0.2) is 17.1 Å². The summed E-state index contributed by atoms with van der Waals surface area (Å²) in [6, 6.07) is 0. The molecule has 1 N–H and O–H groups in total. The summed E-state index contributed by atoms with van der Waals surface area (Å²) in [5.74, 6) is -0.205. The van der Waals surface area contributed by atoms with Crippen molar-refractivity contribution in [2.24, 2.45) is 0 Å². The van der Waals surface area contributed by atoms with Crippen LogP contribution in [0.1, 0.15) is 48.5 Å². The van der Waals surface area contributed by atoms with E-state index in [9.17, 15) is 9.90 Å². The molecular formula is C18H28O5. The average Bonchev–Trinajstić information content (AvgIpc) is 2.47. The summed E-state index contributed by atoms with van der Waals surface area (Å²) in [7, 11) is 1.41. The first kappa shape index (κ1) is 19.3. The Balaban J connectivity index is 3.72. The molecule has 1 aliphatic carbocycles. The van der Waals surface area contributed by atoms with Crippen LogP contribution >= 0.6 is 0 Å². The molecule has 0 aliphatic heterocycles. The third-order valence-corrected chi connectivity index (χ3v) is 3.75. The lowest BCUT2D eigenvalue weighted by atomic mass is 9.79. The number of hydrogen-bond donors (Lipinski definition) is 1. The molecule has 1 atom stereocenters.